The first-order valence-electron chi connectivity index (χ1n) is 5.32. The highest BCUT2D eigenvalue weighted by Gasteiger charge is 2.01. The summed E-state index contributed by atoms with van der Waals surface area (Å²) in [6, 6.07) is 15.4. The Morgan fingerprint density at radius 2 is 1.69 bits per heavy atom. The van der Waals surface area contributed by atoms with Gasteiger partial charge in [-0.05, 0) is 35.7 Å². The van der Waals surface area contributed by atoms with Crippen molar-refractivity contribution in [3.8, 4) is 16.9 Å². The van der Waals surface area contributed by atoms with E-state index in [1.807, 2.05) is 43.3 Å². The molecule has 0 aliphatic rings. The van der Waals surface area contributed by atoms with E-state index in [0.29, 0.717) is 0 Å². The lowest BCUT2D eigenvalue weighted by Gasteiger charge is -2.07. The Kier molecular flexibility index (Phi) is 2.93. The van der Waals surface area contributed by atoms with E-state index in [9.17, 15) is 5.11 Å². The predicted molar refractivity (Wildman–Crippen MR) is 66.1 cm³/mol. The summed E-state index contributed by atoms with van der Waals surface area (Å²) in [4.78, 5) is 0. The quantitative estimate of drug-likeness (QED) is 0.805. The maximum absolute atomic E-state index is 9.40. The van der Waals surface area contributed by atoms with E-state index in [4.69, 9.17) is 5.73 Å². The van der Waals surface area contributed by atoms with Gasteiger partial charge in [0.1, 0.15) is 5.75 Å². The van der Waals surface area contributed by atoms with Gasteiger partial charge in [0.15, 0.2) is 0 Å². The summed E-state index contributed by atoms with van der Waals surface area (Å²) < 4.78 is 0. The zero-order valence-electron chi connectivity index (χ0n) is 9.22. The van der Waals surface area contributed by atoms with Gasteiger partial charge in [0.2, 0.25) is 0 Å². The second kappa shape index (κ2) is 4.37. The van der Waals surface area contributed by atoms with Crippen LogP contribution in [0.5, 0.6) is 5.75 Å². The Morgan fingerprint density at radius 1 is 1.00 bits per heavy atom. The van der Waals surface area contributed by atoms with Gasteiger partial charge in [0.25, 0.3) is 0 Å². The number of phenols is 1. The van der Waals surface area contributed by atoms with Gasteiger partial charge in [0, 0.05) is 6.04 Å². The first kappa shape index (κ1) is 10.7. The molecule has 0 unspecified atom stereocenters. The smallest absolute Gasteiger partial charge is 0.116 e. The van der Waals surface area contributed by atoms with Gasteiger partial charge in [-0.1, -0.05) is 36.4 Å². The molecule has 0 saturated heterocycles. The summed E-state index contributed by atoms with van der Waals surface area (Å²) in [6.07, 6.45) is 0. The molecule has 0 spiro atoms. The lowest BCUT2D eigenvalue weighted by molar-refractivity contribution is 0.475. The Balaban J connectivity index is 2.35. The monoisotopic (exact) mass is 213 g/mol. The molecule has 3 N–H and O–H groups in total. The molecule has 2 heteroatoms. The van der Waals surface area contributed by atoms with E-state index < -0.39 is 0 Å². The minimum Gasteiger partial charge on any atom is -0.508 e. The maximum atomic E-state index is 9.40. The highest BCUT2D eigenvalue weighted by molar-refractivity contribution is 5.65. The number of aromatic hydroxyl groups is 1. The van der Waals surface area contributed by atoms with Crippen molar-refractivity contribution in [1.82, 2.24) is 0 Å². The maximum Gasteiger partial charge on any atom is 0.116 e. The third-order valence-electron chi connectivity index (χ3n) is 2.62. The minimum atomic E-state index is 0.0539. The van der Waals surface area contributed by atoms with Gasteiger partial charge < -0.3 is 10.8 Å². The van der Waals surface area contributed by atoms with E-state index in [-0.39, 0.29) is 11.8 Å². The molecule has 82 valence electrons. The van der Waals surface area contributed by atoms with E-state index in [0.717, 1.165) is 16.7 Å². The van der Waals surface area contributed by atoms with Crippen molar-refractivity contribution in [2.45, 2.75) is 13.0 Å². The molecular formula is C14H15NO. The van der Waals surface area contributed by atoms with Crippen LogP contribution in [0.2, 0.25) is 0 Å². The average molecular weight is 213 g/mol. The van der Waals surface area contributed by atoms with Crippen molar-refractivity contribution in [2.24, 2.45) is 5.73 Å². The topological polar surface area (TPSA) is 46.2 Å². The number of phenolic OH excluding ortho intramolecular Hbond substituents is 1. The number of benzene rings is 2. The zero-order valence-corrected chi connectivity index (χ0v) is 9.22. The summed E-state index contributed by atoms with van der Waals surface area (Å²) in [6.45, 7) is 1.96. The third-order valence-corrected chi connectivity index (χ3v) is 2.62. The SMILES string of the molecule is C[C@H](N)c1ccc(-c2cccc(O)c2)cc1. The van der Waals surface area contributed by atoms with Gasteiger partial charge in [-0.15, -0.1) is 0 Å². The molecule has 0 saturated carbocycles. The zero-order chi connectivity index (χ0) is 11.5. The van der Waals surface area contributed by atoms with Crippen LogP contribution in [0.15, 0.2) is 48.5 Å². The van der Waals surface area contributed by atoms with Gasteiger partial charge in [-0.3, -0.25) is 0 Å². The number of hydrogen-bond donors (Lipinski definition) is 2. The molecule has 0 aromatic heterocycles. The van der Waals surface area contributed by atoms with Crippen molar-refractivity contribution in [2.75, 3.05) is 0 Å². The average Bonchev–Trinajstić information content (AvgIpc) is 2.29. The highest BCUT2D eigenvalue weighted by Crippen LogP contribution is 2.24. The van der Waals surface area contributed by atoms with Gasteiger partial charge in [0.05, 0.1) is 0 Å². The molecule has 0 aliphatic carbocycles. The lowest BCUT2D eigenvalue weighted by Crippen LogP contribution is -2.04. The Hall–Kier alpha value is -1.80. The normalized spacial score (nSPS) is 12.4. The van der Waals surface area contributed by atoms with Crippen LogP contribution in [0.4, 0.5) is 0 Å². The number of nitrogens with two attached hydrogens (primary N) is 1. The molecule has 0 fully saturated rings. The van der Waals surface area contributed by atoms with Crippen LogP contribution in [0.25, 0.3) is 11.1 Å². The predicted octanol–water partition coefficient (Wildman–Crippen LogP) is 3.08. The van der Waals surface area contributed by atoms with Crippen molar-refractivity contribution in [3.63, 3.8) is 0 Å². The number of hydrogen-bond acceptors (Lipinski definition) is 2. The van der Waals surface area contributed by atoms with Crippen LogP contribution >= 0.6 is 0 Å². The van der Waals surface area contributed by atoms with Crippen LogP contribution in [0.1, 0.15) is 18.5 Å². The van der Waals surface area contributed by atoms with Crippen molar-refractivity contribution in [1.29, 1.82) is 0 Å². The first-order chi connectivity index (χ1) is 7.66. The Morgan fingerprint density at radius 3 is 2.25 bits per heavy atom. The Bertz CT molecular complexity index is 474. The summed E-state index contributed by atoms with van der Waals surface area (Å²) >= 11 is 0. The summed E-state index contributed by atoms with van der Waals surface area (Å²) in [7, 11) is 0. The van der Waals surface area contributed by atoms with Crippen LogP contribution in [-0.2, 0) is 0 Å². The molecule has 16 heavy (non-hydrogen) atoms. The van der Waals surface area contributed by atoms with Crippen LogP contribution < -0.4 is 5.73 Å². The van der Waals surface area contributed by atoms with Crippen LogP contribution in [0.3, 0.4) is 0 Å². The molecule has 0 amide bonds. The van der Waals surface area contributed by atoms with Gasteiger partial charge in [-0.25, -0.2) is 0 Å². The van der Waals surface area contributed by atoms with Crippen LogP contribution in [0, 0.1) is 0 Å². The summed E-state index contributed by atoms with van der Waals surface area (Å²) in [5.41, 5.74) is 9.00. The minimum absolute atomic E-state index is 0.0539. The van der Waals surface area contributed by atoms with E-state index in [1.165, 1.54) is 0 Å². The molecular weight excluding hydrogens is 198 g/mol. The summed E-state index contributed by atoms with van der Waals surface area (Å²) in [5, 5.41) is 9.40. The third kappa shape index (κ3) is 2.23. The Labute approximate surface area is 95.4 Å². The fraction of sp³-hybridized carbons (Fsp3) is 0.143. The summed E-state index contributed by atoms with van der Waals surface area (Å²) in [5.74, 6) is 0.286. The van der Waals surface area contributed by atoms with Crippen molar-refractivity contribution < 1.29 is 5.11 Å². The molecule has 2 aromatic rings. The number of rotatable bonds is 2. The first-order valence-corrected chi connectivity index (χ1v) is 5.32. The molecule has 0 radical (unpaired) electrons. The van der Waals surface area contributed by atoms with Crippen LogP contribution in [-0.4, -0.2) is 5.11 Å². The van der Waals surface area contributed by atoms with E-state index in [2.05, 4.69) is 0 Å². The van der Waals surface area contributed by atoms with E-state index in [1.54, 1.807) is 12.1 Å². The second-order valence-corrected chi connectivity index (χ2v) is 3.96. The highest BCUT2D eigenvalue weighted by atomic mass is 16.3. The molecule has 2 aromatic carbocycles. The fourth-order valence-electron chi connectivity index (χ4n) is 1.66. The molecule has 0 bridgehead atoms. The van der Waals surface area contributed by atoms with Crippen molar-refractivity contribution in [3.05, 3.63) is 54.1 Å². The van der Waals surface area contributed by atoms with Crippen molar-refractivity contribution >= 4 is 0 Å². The largest absolute Gasteiger partial charge is 0.508 e. The lowest BCUT2D eigenvalue weighted by atomic mass is 10.0. The molecule has 2 nitrogen and oxygen atoms in total. The molecule has 1 atom stereocenters. The molecule has 0 heterocycles. The van der Waals surface area contributed by atoms with Gasteiger partial charge in [-0.2, -0.15) is 0 Å². The molecule has 0 aliphatic heterocycles. The second-order valence-electron chi connectivity index (χ2n) is 3.96. The van der Waals surface area contributed by atoms with E-state index >= 15 is 0 Å². The van der Waals surface area contributed by atoms with Gasteiger partial charge >= 0.3 is 0 Å². The standard InChI is InChI=1S/C14H15NO/c1-10(15)11-5-7-12(8-6-11)13-3-2-4-14(16)9-13/h2-10,16H,15H2,1H3/t10-/m0/s1. The fourth-order valence-corrected chi connectivity index (χ4v) is 1.66. The molecule has 2 rings (SSSR count).